The summed E-state index contributed by atoms with van der Waals surface area (Å²) in [6, 6.07) is 7.26. The van der Waals surface area contributed by atoms with Gasteiger partial charge < -0.3 is 4.74 Å². The second-order valence-electron chi connectivity index (χ2n) is 4.00. The number of rotatable bonds is 7. The molecule has 1 unspecified atom stereocenters. The summed E-state index contributed by atoms with van der Waals surface area (Å²) in [4.78, 5) is 10.3. The molecule has 0 heterocycles. The number of hydrogen-bond acceptors (Lipinski definition) is 6. The van der Waals surface area contributed by atoms with Gasteiger partial charge in [0.2, 0.25) is 0 Å². The van der Waals surface area contributed by atoms with Gasteiger partial charge in [0.15, 0.2) is 5.75 Å². The number of ether oxygens (including phenoxy) is 1. The van der Waals surface area contributed by atoms with Crippen molar-refractivity contribution >= 4 is 5.69 Å². The molecule has 0 fully saturated rings. The van der Waals surface area contributed by atoms with Gasteiger partial charge in [-0.05, 0) is 25.1 Å². The first-order chi connectivity index (χ1) is 9.62. The second kappa shape index (κ2) is 7.72. The van der Waals surface area contributed by atoms with E-state index in [1.54, 1.807) is 0 Å². The smallest absolute Gasteiger partial charge is 0.312 e. The molecule has 7 nitrogen and oxygen atoms in total. The summed E-state index contributed by atoms with van der Waals surface area (Å²) in [5.74, 6) is 0.0487. The topological polar surface area (TPSA) is 112 Å². The highest BCUT2D eigenvalue weighted by molar-refractivity contribution is 5.51. The van der Waals surface area contributed by atoms with E-state index in [1.165, 1.54) is 12.1 Å². The number of nitrogens with zero attached hydrogens (tertiary/aromatic N) is 3. The molecule has 0 aliphatic carbocycles. The Morgan fingerprint density at radius 3 is 2.80 bits per heavy atom. The van der Waals surface area contributed by atoms with Gasteiger partial charge in [-0.1, -0.05) is 6.92 Å². The minimum absolute atomic E-state index is 0.00321. The highest BCUT2D eigenvalue weighted by Crippen LogP contribution is 2.27. The third-order valence-electron chi connectivity index (χ3n) is 2.49. The van der Waals surface area contributed by atoms with Crippen molar-refractivity contribution in [3.8, 4) is 17.9 Å². The summed E-state index contributed by atoms with van der Waals surface area (Å²) in [5.41, 5.74) is -0.0961. The summed E-state index contributed by atoms with van der Waals surface area (Å²) in [7, 11) is 0. The number of nitro groups is 1. The van der Waals surface area contributed by atoms with Crippen LogP contribution in [0, 0.1) is 32.8 Å². The lowest BCUT2D eigenvalue weighted by atomic mass is 10.2. The first-order valence-corrected chi connectivity index (χ1v) is 6.06. The van der Waals surface area contributed by atoms with Crippen molar-refractivity contribution in [2.24, 2.45) is 0 Å². The van der Waals surface area contributed by atoms with Gasteiger partial charge in [-0.25, -0.2) is 0 Å². The van der Waals surface area contributed by atoms with Gasteiger partial charge in [0.05, 0.1) is 22.6 Å². The molecule has 0 radical (unpaired) electrons. The zero-order valence-corrected chi connectivity index (χ0v) is 11.0. The normalized spacial score (nSPS) is 11.2. The summed E-state index contributed by atoms with van der Waals surface area (Å²) >= 11 is 0. The Morgan fingerprint density at radius 2 is 2.25 bits per heavy atom. The van der Waals surface area contributed by atoms with Crippen LogP contribution < -0.4 is 10.1 Å². The third-order valence-corrected chi connectivity index (χ3v) is 2.49. The second-order valence-corrected chi connectivity index (χ2v) is 4.00. The SMILES string of the molecule is CCCNC(C#N)COc1ccc(C#N)cc1[N+](=O)[O-]. The van der Waals surface area contributed by atoms with Crippen molar-refractivity contribution in [2.75, 3.05) is 13.2 Å². The van der Waals surface area contributed by atoms with Gasteiger partial charge in [-0.15, -0.1) is 0 Å². The van der Waals surface area contributed by atoms with Gasteiger partial charge in [-0.3, -0.25) is 15.4 Å². The molecule has 0 spiro atoms. The van der Waals surface area contributed by atoms with Crippen molar-refractivity contribution < 1.29 is 9.66 Å². The van der Waals surface area contributed by atoms with Crippen LogP contribution >= 0.6 is 0 Å². The molecule has 20 heavy (non-hydrogen) atoms. The van der Waals surface area contributed by atoms with E-state index in [-0.39, 0.29) is 23.6 Å². The monoisotopic (exact) mass is 274 g/mol. The molecule has 1 aromatic carbocycles. The number of nitriles is 2. The van der Waals surface area contributed by atoms with Crippen molar-refractivity contribution in [2.45, 2.75) is 19.4 Å². The number of benzene rings is 1. The molecule has 0 saturated carbocycles. The minimum Gasteiger partial charge on any atom is -0.484 e. The zero-order chi connectivity index (χ0) is 15.0. The van der Waals surface area contributed by atoms with Crippen LogP contribution in [0.3, 0.4) is 0 Å². The lowest BCUT2D eigenvalue weighted by Gasteiger charge is -2.12. The summed E-state index contributed by atoms with van der Waals surface area (Å²) in [6.07, 6.45) is 0.870. The number of hydrogen-bond donors (Lipinski definition) is 1. The molecule has 1 N–H and O–H groups in total. The van der Waals surface area contributed by atoms with E-state index in [9.17, 15) is 10.1 Å². The van der Waals surface area contributed by atoms with Gasteiger partial charge in [-0.2, -0.15) is 10.5 Å². The standard InChI is InChI=1S/C13H14N4O3/c1-2-5-16-11(8-15)9-20-13-4-3-10(7-14)6-12(13)17(18)19/h3-4,6,11,16H,2,5,9H2,1H3. The van der Waals surface area contributed by atoms with Crippen LogP contribution in [-0.2, 0) is 0 Å². The van der Waals surface area contributed by atoms with Crippen molar-refractivity contribution in [3.05, 3.63) is 33.9 Å². The fourth-order valence-electron chi connectivity index (χ4n) is 1.49. The minimum atomic E-state index is -0.614. The van der Waals surface area contributed by atoms with E-state index < -0.39 is 11.0 Å². The average molecular weight is 274 g/mol. The molecule has 1 rings (SSSR count). The number of nitrogens with one attached hydrogen (secondary N) is 1. The Labute approximate surface area is 116 Å². The van der Waals surface area contributed by atoms with Gasteiger partial charge in [0, 0.05) is 6.07 Å². The maximum absolute atomic E-state index is 10.9. The van der Waals surface area contributed by atoms with Crippen LogP contribution in [-0.4, -0.2) is 24.1 Å². The predicted molar refractivity (Wildman–Crippen MR) is 71.0 cm³/mol. The molecular weight excluding hydrogens is 260 g/mol. The fourth-order valence-corrected chi connectivity index (χ4v) is 1.49. The molecule has 1 aromatic rings. The van der Waals surface area contributed by atoms with Crippen LogP contribution in [0.2, 0.25) is 0 Å². The first kappa shape index (κ1) is 15.4. The Kier molecular flexibility index (Phi) is 5.95. The maximum Gasteiger partial charge on any atom is 0.312 e. The van der Waals surface area contributed by atoms with E-state index in [0.717, 1.165) is 12.5 Å². The summed E-state index contributed by atoms with van der Waals surface area (Å²) in [5, 5.41) is 31.5. The molecule has 0 amide bonds. The zero-order valence-electron chi connectivity index (χ0n) is 11.0. The van der Waals surface area contributed by atoms with E-state index >= 15 is 0 Å². The summed E-state index contributed by atoms with van der Waals surface area (Å²) < 4.78 is 5.31. The van der Waals surface area contributed by atoms with Crippen LogP contribution in [0.4, 0.5) is 5.69 Å². The maximum atomic E-state index is 10.9. The van der Waals surface area contributed by atoms with E-state index in [4.69, 9.17) is 15.3 Å². The molecule has 1 atom stereocenters. The predicted octanol–water partition coefficient (Wildman–Crippen LogP) is 1.74. The van der Waals surface area contributed by atoms with E-state index in [0.29, 0.717) is 6.54 Å². The number of nitro benzene ring substituents is 1. The van der Waals surface area contributed by atoms with Gasteiger partial charge in [0.25, 0.3) is 0 Å². The van der Waals surface area contributed by atoms with Crippen LogP contribution in [0.5, 0.6) is 5.75 Å². The Bertz CT molecular complexity index is 560. The van der Waals surface area contributed by atoms with Crippen LogP contribution in [0.1, 0.15) is 18.9 Å². The lowest BCUT2D eigenvalue weighted by Crippen LogP contribution is -2.33. The largest absolute Gasteiger partial charge is 0.484 e. The molecule has 0 aromatic heterocycles. The third kappa shape index (κ3) is 4.23. The molecule has 7 heteroatoms. The molecule has 0 bridgehead atoms. The average Bonchev–Trinajstić information content (AvgIpc) is 2.47. The Hall–Kier alpha value is -2.64. The van der Waals surface area contributed by atoms with E-state index in [2.05, 4.69) is 5.32 Å². The van der Waals surface area contributed by atoms with Crippen LogP contribution in [0.25, 0.3) is 0 Å². The quantitative estimate of drug-likeness (QED) is 0.598. The highest BCUT2D eigenvalue weighted by Gasteiger charge is 2.17. The Balaban J connectivity index is 2.80. The fraction of sp³-hybridized carbons (Fsp3) is 0.385. The first-order valence-electron chi connectivity index (χ1n) is 6.06. The molecular formula is C13H14N4O3. The van der Waals surface area contributed by atoms with Crippen molar-refractivity contribution in [3.63, 3.8) is 0 Å². The molecule has 104 valence electrons. The van der Waals surface area contributed by atoms with Gasteiger partial charge >= 0.3 is 5.69 Å². The summed E-state index contributed by atoms with van der Waals surface area (Å²) in [6.45, 7) is 2.63. The molecule has 0 aliphatic rings. The van der Waals surface area contributed by atoms with Gasteiger partial charge in [0.1, 0.15) is 12.6 Å². The molecule has 0 aliphatic heterocycles. The van der Waals surface area contributed by atoms with Crippen molar-refractivity contribution in [1.29, 1.82) is 10.5 Å². The van der Waals surface area contributed by atoms with Crippen molar-refractivity contribution in [1.82, 2.24) is 5.32 Å². The van der Waals surface area contributed by atoms with Crippen LogP contribution in [0.15, 0.2) is 18.2 Å². The molecule has 0 saturated heterocycles. The highest BCUT2D eigenvalue weighted by atomic mass is 16.6. The Morgan fingerprint density at radius 1 is 1.50 bits per heavy atom. The lowest BCUT2D eigenvalue weighted by molar-refractivity contribution is -0.385. The van der Waals surface area contributed by atoms with E-state index in [1.807, 2.05) is 19.1 Å².